The summed E-state index contributed by atoms with van der Waals surface area (Å²) in [6.45, 7) is 1.98. The maximum absolute atomic E-state index is 13.6. The van der Waals surface area contributed by atoms with Gasteiger partial charge in [-0.25, -0.2) is 4.39 Å². The van der Waals surface area contributed by atoms with Gasteiger partial charge in [-0.15, -0.1) is 0 Å². The summed E-state index contributed by atoms with van der Waals surface area (Å²) in [5.41, 5.74) is 2.68. The molecule has 0 unspecified atom stereocenters. The number of aryl methyl sites for hydroxylation is 1. The molecule has 0 spiro atoms. The molecule has 0 fully saturated rings. The number of para-hydroxylation sites is 1. The summed E-state index contributed by atoms with van der Waals surface area (Å²) in [7, 11) is 1.82. The number of carbonyl (C=O) groups is 1. The van der Waals surface area contributed by atoms with Crippen molar-refractivity contribution in [3.8, 4) is 0 Å². The van der Waals surface area contributed by atoms with Gasteiger partial charge >= 0.3 is 0 Å². The molecular formula is C15H14FNO. The van der Waals surface area contributed by atoms with Crippen LogP contribution in [0.3, 0.4) is 0 Å². The number of anilines is 2. The smallest absolute Gasteiger partial charge is 0.155 e. The van der Waals surface area contributed by atoms with Crippen molar-refractivity contribution in [2.75, 3.05) is 11.9 Å². The Kier molecular flexibility index (Phi) is 3.42. The number of nitrogens with zero attached hydrogens (tertiary/aromatic N) is 1. The lowest BCUT2D eigenvalue weighted by Gasteiger charge is -2.23. The summed E-state index contributed by atoms with van der Waals surface area (Å²) < 4.78 is 13.6. The Morgan fingerprint density at radius 3 is 2.39 bits per heavy atom. The first-order valence-corrected chi connectivity index (χ1v) is 5.68. The molecule has 2 nitrogen and oxygen atoms in total. The quantitative estimate of drug-likeness (QED) is 0.766. The molecule has 18 heavy (non-hydrogen) atoms. The molecule has 92 valence electrons. The van der Waals surface area contributed by atoms with Gasteiger partial charge in [-0.1, -0.05) is 24.3 Å². The lowest BCUT2D eigenvalue weighted by molar-refractivity contribution is 0.112. The summed E-state index contributed by atoms with van der Waals surface area (Å²) in [5, 5.41) is 0. The van der Waals surface area contributed by atoms with Gasteiger partial charge in [-0.05, 0) is 30.7 Å². The fourth-order valence-electron chi connectivity index (χ4n) is 2.00. The second kappa shape index (κ2) is 5.00. The van der Waals surface area contributed by atoms with E-state index in [1.54, 1.807) is 12.1 Å². The van der Waals surface area contributed by atoms with Gasteiger partial charge in [0.2, 0.25) is 0 Å². The van der Waals surface area contributed by atoms with Gasteiger partial charge in [0.1, 0.15) is 5.82 Å². The molecule has 0 aromatic heterocycles. The van der Waals surface area contributed by atoms with Gasteiger partial charge < -0.3 is 4.90 Å². The SMILES string of the molecule is Cc1ccccc1N(C)c1cccc(F)c1C=O. The van der Waals surface area contributed by atoms with Crippen molar-refractivity contribution in [3.05, 3.63) is 59.4 Å². The van der Waals surface area contributed by atoms with Crippen LogP contribution in [0.1, 0.15) is 15.9 Å². The predicted molar refractivity (Wildman–Crippen MR) is 71.0 cm³/mol. The summed E-state index contributed by atoms with van der Waals surface area (Å²) in [6.07, 6.45) is 0.555. The fourth-order valence-corrected chi connectivity index (χ4v) is 2.00. The van der Waals surface area contributed by atoms with Crippen molar-refractivity contribution in [2.45, 2.75) is 6.92 Å². The van der Waals surface area contributed by atoms with E-state index in [-0.39, 0.29) is 5.56 Å². The van der Waals surface area contributed by atoms with Crippen molar-refractivity contribution in [1.29, 1.82) is 0 Å². The fraction of sp³-hybridized carbons (Fsp3) is 0.133. The first kappa shape index (κ1) is 12.3. The second-order valence-corrected chi connectivity index (χ2v) is 4.14. The van der Waals surface area contributed by atoms with Crippen LogP contribution in [0.5, 0.6) is 0 Å². The maximum Gasteiger partial charge on any atom is 0.155 e. The Morgan fingerprint density at radius 1 is 1.06 bits per heavy atom. The van der Waals surface area contributed by atoms with Crippen LogP contribution >= 0.6 is 0 Å². The Morgan fingerprint density at radius 2 is 1.72 bits per heavy atom. The Balaban J connectivity index is 2.53. The summed E-state index contributed by atoms with van der Waals surface area (Å²) in [6, 6.07) is 12.4. The first-order chi connectivity index (χ1) is 8.65. The Labute approximate surface area is 106 Å². The van der Waals surface area contributed by atoms with E-state index >= 15 is 0 Å². The van der Waals surface area contributed by atoms with Crippen LogP contribution in [-0.2, 0) is 0 Å². The molecule has 3 heteroatoms. The molecule has 2 aromatic rings. The number of aldehydes is 1. The van der Waals surface area contributed by atoms with Crippen LogP contribution in [0.4, 0.5) is 15.8 Å². The molecule has 0 atom stereocenters. The standard InChI is InChI=1S/C15H14FNO/c1-11-6-3-4-8-14(11)17(2)15-9-5-7-13(16)12(15)10-18/h3-10H,1-2H3. The zero-order chi connectivity index (χ0) is 13.1. The van der Waals surface area contributed by atoms with Crippen LogP contribution in [0.15, 0.2) is 42.5 Å². The van der Waals surface area contributed by atoms with Crippen LogP contribution < -0.4 is 4.90 Å². The van der Waals surface area contributed by atoms with Crippen LogP contribution in [0.2, 0.25) is 0 Å². The highest BCUT2D eigenvalue weighted by molar-refractivity contribution is 5.87. The van der Waals surface area contributed by atoms with E-state index in [9.17, 15) is 9.18 Å². The second-order valence-electron chi connectivity index (χ2n) is 4.14. The van der Waals surface area contributed by atoms with Gasteiger partial charge in [-0.3, -0.25) is 4.79 Å². The van der Waals surface area contributed by atoms with Gasteiger partial charge in [-0.2, -0.15) is 0 Å². The Bertz CT molecular complexity index is 580. The molecule has 2 aromatic carbocycles. The molecule has 0 amide bonds. The zero-order valence-corrected chi connectivity index (χ0v) is 10.4. The van der Waals surface area contributed by atoms with Crippen LogP contribution in [-0.4, -0.2) is 13.3 Å². The van der Waals surface area contributed by atoms with Gasteiger partial charge in [0.05, 0.1) is 11.3 Å². The molecule has 0 aliphatic carbocycles. The van der Waals surface area contributed by atoms with Crippen molar-refractivity contribution in [1.82, 2.24) is 0 Å². The lowest BCUT2D eigenvalue weighted by atomic mass is 10.1. The van der Waals surface area contributed by atoms with E-state index in [1.807, 2.05) is 43.1 Å². The maximum atomic E-state index is 13.6. The zero-order valence-electron chi connectivity index (χ0n) is 10.4. The first-order valence-electron chi connectivity index (χ1n) is 5.68. The molecule has 0 aliphatic rings. The van der Waals surface area contributed by atoms with Crippen LogP contribution in [0.25, 0.3) is 0 Å². The average Bonchev–Trinajstić information content (AvgIpc) is 2.38. The monoisotopic (exact) mass is 243 g/mol. The van der Waals surface area contributed by atoms with E-state index in [1.165, 1.54) is 6.07 Å². The third kappa shape index (κ3) is 2.12. The molecule has 0 N–H and O–H groups in total. The number of hydrogen-bond donors (Lipinski definition) is 0. The summed E-state index contributed by atoms with van der Waals surface area (Å²) in [5.74, 6) is -0.497. The highest BCUT2D eigenvalue weighted by Gasteiger charge is 2.13. The van der Waals surface area contributed by atoms with E-state index in [2.05, 4.69) is 0 Å². The minimum atomic E-state index is -0.497. The summed E-state index contributed by atoms with van der Waals surface area (Å²) >= 11 is 0. The minimum absolute atomic E-state index is 0.0863. The average molecular weight is 243 g/mol. The van der Waals surface area contributed by atoms with Crippen LogP contribution in [0, 0.1) is 12.7 Å². The molecular weight excluding hydrogens is 229 g/mol. The third-order valence-electron chi connectivity index (χ3n) is 2.99. The number of benzene rings is 2. The predicted octanol–water partition coefficient (Wildman–Crippen LogP) is 3.71. The molecule has 0 bridgehead atoms. The van der Waals surface area contributed by atoms with E-state index in [0.717, 1.165) is 11.3 Å². The van der Waals surface area contributed by atoms with Gasteiger partial charge in [0, 0.05) is 12.7 Å². The van der Waals surface area contributed by atoms with Crippen molar-refractivity contribution < 1.29 is 9.18 Å². The number of rotatable bonds is 3. The van der Waals surface area contributed by atoms with Gasteiger partial charge in [0.25, 0.3) is 0 Å². The molecule has 0 radical (unpaired) electrons. The third-order valence-corrected chi connectivity index (χ3v) is 2.99. The highest BCUT2D eigenvalue weighted by atomic mass is 19.1. The number of hydrogen-bond acceptors (Lipinski definition) is 2. The molecule has 0 aliphatic heterocycles. The Hall–Kier alpha value is -2.16. The van der Waals surface area contributed by atoms with E-state index in [0.29, 0.717) is 12.0 Å². The molecule has 0 heterocycles. The largest absolute Gasteiger partial charge is 0.344 e. The van der Waals surface area contributed by atoms with Gasteiger partial charge in [0.15, 0.2) is 6.29 Å². The molecule has 0 saturated heterocycles. The topological polar surface area (TPSA) is 20.3 Å². The number of halogens is 1. The van der Waals surface area contributed by atoms with E-state index in [4.69, 9.17) is 0 Å². The molecule has 0 saturated carbocycles. The minimum Gasteiger partial charge on any atom is -0.344 e. The number of carbonyl (C=O) groups excluding carboxylic acids is 1. The van der Waals surface area contributed by atoms with Crippen molar-refractivity contribution in [2.24, 2.45) is 0 Å². The highest BCUT2D eigenvalue weighted by Crippen LogP contribution is 2.29. The lowest BCUT2D eigenvalue weighted by Crippen LogP contribution is -2.13. The summed E-state index contributed by atoms with van der Waals surface area (Å²) in [4.78, 5) is 12.8. The van der Waals surface area contributed by atoms with E-state index < -0.39 is 5.82 Å². The molecule has 2 rings (SSSR count). The normalized spacial score (nSPS) is 10.2. The van der Waals surface area contributed by atoms with Crippen molar-refractivity contribution >= 4 is 17.7 Å². The van der Waals surface area contributed by atoms with Crippen molar-refractivity contribution in [3.63, 3.8) is 0 Å².